The van der Waals surface area contributed by atoms with Crippen LogP contribution in [0, 0.1) is 0 Å². The van der Waals surface area contributed by atoms with Crippen LogP contribution in [0.2, 0.25) is 5.02 Å². The van der Waals surface area contributed by atoms with Crippen LogP contribution in [0.5, 0.6) is 0 Å². The number of alkyl halides is 3. The van der Waals surface area contributed by atoms with Crippen LogP contribution < -0.4 is 0 Å². The molecule has 0 saturated carbocycles. The van der Waals surface area contributed by atoms with Crippen LogP contribution in [0.3, 0.4) is 0 Å². The Labute approximate surface area is 82.1 Å². The highest BCUT2D eigenvalue weighted by molar-refractivity contribution is 6.31. The van der Waals surface area contributed by atoms with Crippen molar-refractivity contribution in [1.82, 2.24) is 0 Å². The Morgan fingerprint density at radius 2 is 1.93 bits per heavy atom. The molecule has 0 saturated heterocycles. The molecule has 74 valence electrons. The zero-order valence-electron chi connectivity index (χ0n) is 6.73. The summed E-state index contributed by atoms with van der Waals surface area (Å²) in [5.74, 6) is 0. The maximum Gasteiger partial charge on any atom is 0.420 e. The van der Waals surface area contributed by atoms with Gasteiger partial charge in [-0.1, -0.05) is 11.6 Å². The molecule has 1 nitrogen and oxygen atoms in total. The van der Waals surface area contributed by atoms with Gasteiger partial charge in [0.1, 0.15) is 17.4 Å². The van der Waals surface area contributed by atoms with E-state index in [-0.39, 0.29) is 11.0 Å². The third-order valence-corrected chi connectivity index (χ3v) is 2.08. The summed E-state index contributed by atoms with van der Waals surface area (Å²) in [6.45, 7) is 0. The molecule has 0 aliphatic carbocycles. The summed E-state index contributed by atoms with van der Waals surface area (Å²) in [6.07, 6.45) is -3.69. The number of furan rings is 1. The van der Waals surface area contributed by atoms with E-state index < -0.39 is 11.7 Å². The maximum absolute atomic E-state index is 12.4. The number of hydrogen-bond acceptors (Lipinski definition) is 1. The minimum Gasteiger partial charge on any atom is -0.464 e. The first-order valence-electron chi connectivity index (χ1n) is 3.72. The van der Waals surface area contributed by atoms with Crippen molar-refractivity contribution in [1.29, 1.82) is 0 Å². The van der Waals surface area contributed by atoms with Gasteiger partial charge in [0.15, 0.2) is 0 Å². The molecule has 0 atom stereocenters. The van der Waals surface area contributed by atoms with Crippen LogP contribution in [0.1, 0.15) is 5.56 Å². The van der Waals surface area contributed by atoms with E-state index in [4.69, 9.17) is 16.0 Å². The highest BCUT2D eigenvalue weighted by atomic mass is 35.5. The largest absolute Gasteiger partial charge is 0.464 e. The summed E-state index contributed by atoms with van der Waals surface area (Å²) >= 11 is 5.60. The average Bonchev–Trinajstić information content (AvgIpc) is 2.45. The molecule has 1 aromatic heterocycles. The molecule has 14 heavy (non-hydrogen) atoms. The van der Waals surface area contributed by atoms with Crippen molar-refractivity contribution in [2.24, 2.45) is 0 Å². The molecule has 0 bridgehead atoms. The monoisotopic (exact) mass is 220 g/mol. The van der Waals surface area contributed by atoms with E-state index in [1.54, 1.807) is 0 Å². The van der Waals surface area contributed by atoms with Crippen LogP contribution >= 0.6 is 11.6 Å². The molecule has 0 aliphatic rings. The topological polar surface area (TPSA) is 13.1 Å². The van der Waals surface area contributed by atoms with Crippen molar-refractivity contribution in [3.05, 3.63) is 35.0 Å². The highest BCUT2D eigenvalue weighted by Crippen LogP contribution is 2.36. The summed E-state index contributed by atoms with van der Waals surface area (Å²) in [4.78, 5) is 0. The predicted molar refractivity (Wildman–Crippen MR) is 46.2 cm³/mol. The zero-order valence-corrected chi connectivity index (χ0v) is 7.49. The minimum absolute atomic E-state index is 0.0295. The molecule has 5 heteroatoms. The first-order chi connectivity index (χ1) is 6.48. The van der Waals surface area contributed by atoms with Gasteiger partial charge in [0.05, 0.1) is 0 Å². The maximum atomic E-state index is 12.4. The van der Waals surface area contributed by atoms with E-state index >= 15 is 0 Å². The van der Waals surface area contributed by atoms with Gasteiger partial charge in [-0.15, -0.1) is 0 Å². The molecule has 0 unspecified atom stereocenters. The van der Waals surface area contributed by atoms with Crippen molar-refractivity contribution in [3.63, 3.8) is 0 Å². The zero-order chi connectivity index (χ0) is 10.3. The van der Waals surface area contributed by atoms with Crippen LogP contribution in [-0.4, -0.2) is 0 Å². The smallest absolute Gasteiger partial charge is 0.420 e. The van der Waals surface area contributed by atoms with E-state index in [0.29, 0.717) is 11.3 Å². The van der Waals surface area contributed by atoms with E-state index in [1.165, 1.54) is 18.2 Å². The SMILES string of the molecule is FC(F)(F)c1coc2cc(Cl)ccc12. The molecular weight excluding hydrogens is 217 g/mol. The molecule has 0 fully saturated rings. The summed E-state index contributed by atoms with van der Waals surface area (Å²) < 4.78 is 41.8. The summed E-state index contributed by atoms with van der Waals surface area (Å²) in [5, 5.41) is 0.377. The van der Waals surface area contributed by atoms with Gasteiger partial charge in [-0.3, -0.25) is 0 Å². The van der Waals surface area contributed by atoms with Gasteiger partial charge in [-0.05, 0) is 12.1 Å². The number of halogens is 4. The first-order valence-corrected chi connectivity index (χ1v) is 4.10. The van der Waals surface area contributed by atoms with E-state index in [2.05, 4.69) is 0 Å². The van der Waals surface area contributed by atoms with Gasteiger partial charge in [-0.25, -0.2) is 0 Å². The van der Waals surface area contributed by atoms with E-state index in [1.807, 2.05) is 0 Å². The summed E-state index contributed by atoms with van der Waals surface area (Å²) in [6, 6.07) is 4.05. The van der Waals surface area contributed by atoms with Crippen LogP contribution in [0.15, 0.2) is 28.9 Å². The summed E-state index contributed by atoms with van der Waals surface area (Å²) in [5.41, 5.74) is -0.631. The first kappa shape index (κ1) is 9.40. The van der Waals surface area contributed by atoms with Gasteiger partial charge < -0.3 is 4.42 Å². The lowest BCUT2D eigenvalue weighted by Gasteiger charge is -2.02. The molecule has 0 radical (unpaired) electrons. The van der Waals surface area contributed by atoms with Crippen molar-refractivity contribution in [2.45, 2.75) is 6.18 Å². The molecule has 0 amide bonds. The lowest BCUT2D eigenvalue weighted by Crippen LogP contribution is -2.02. The third kappa shape index (κ3) is 1.46. The van der Waals surface area contributed by atoms with Crippen molar-refractivity contribution in [2.75, 3.05) is 0 Å². The van der Waals surface area contributed by atoms with Crippen LogP contribution in [0.25, 0.3) is 11.0 Å². The van der Waals surface area contributed by atoms with Gasteiger partial charge in [-0.2, -0.15) is 13.2 Å². The van der Waals surface area contributed by atoms with Gasteiger partial charge >= 0.3 is 6.18 Å². The Balaban J connectivity index is 2.70. The van der Waals surface area contributed by atoms with E-state index in [9.17, 15) is 13.2 Å². The fourth-order valence-electron chi connectivity index (χ4n) is 1.22. The Hall–Kier alpha value is -1.16. The Bertz CT molecular complexity index is 472. The second kappa shape index (κ2) is 2.92. The standard InChI is InChI=1S/C9H4ClF3O/c10-5-1-2-6-7(9(11,12)13)4-14-8(6)3-5/h1-4H. The number of benzene rings is 1. The Morgan fingerprint density at radius 3 is 2.57 bits per heavy atom. The Morgan fingerprint density at radius 1 is 1.21 bits per heavy atom. The van der Waals surface area contributed by atoms with Crippen molar-refractivity contribution < 1.29 is 17.6 Å². The molecule has 1 heterocycles. The average molecular weight is 221 g/mol. The molecule has 0 aliphatic heterocycles. The molecular formula is C9H4ClF3O. The number of fused-ring (bicyclic) bond motifs is 1. The molecule has 0 spiro atoms. The second-order valence-corrected chi connectivity index (χ2v) is 3.22. The molecule has 2 rings (SSSR count). The molecule has 0 N–H and O–H groups in total. The van der Waals surface area contributed by atoms with Gasteiger partial charge in [0.25, 0.3) is 0 Å². The fourth-order valence-corrected chi connectivity index (χ4v) is 1.38. The number of hydrogen-bond donors (Lipinski definition) is 0. The molecule has 1 aromatic carbocycles. The predicted octanol–water partition coefficient (Wildman–Crippen LogP) is 4.11. The normalized spacial score (nSPS) is 12.3. The highest BCUT2D eigenvalue weighted by Gasteiger charge is 2.34. The van der Waals surface area contributed by atoms with Gasteiger partial charge in [0.2, 0.25) is 0 Å². The quantitative estimate of drug-likeness (QED) is 0.651. The fraction of sp³-hybridized carbons (Fsp3) is 0.111. The van der Waals surface area contributed by atoms with E-state index in [0.717, 1.165) is 0 Å². The van der Waals surface area contributed by atoms with Gasteiger partial charge in [0, 0.05) is 16.5 Å². The van der Waals surface area contributed by atoms with Crippen molar-refractivity contribution >= 4 is 22.6 Å². The molecule has 2 aromatic rings. The van der Waals surface area contributed by atoms with Crippen LogP contribution in [0.4, 0.5) is 13.2 Å². The van der Waals surface area contributed by atoms with Crippen molar-refractivity contribution in [3.8, 4) is 0 Å². The number of rotatable bonds is 0. The van der Waals surface area contributed by atoms with Crippen LogP contribution in [-0.2, 0) is 6.18 Å². The second-order valence-electron chi connectivity index (χ2n) is 2.79. The Kier molecular flexibility index (Phi) is 1.96. The lowest BCUT2D eigenvalue weighted by atomic mass is 10.2. The summed E-state index contributed by atoms with van der Waals surface area (Å²) in [7, 11) is 0. The minimum atomic E-state index is -4.39. The third-order valence-electron chi connectivity index (χ3n) is 1.84. The lowest BCUT2D eigenvalue weighted by molar-refractivity contribution is -0.136.